The van der Waals surface area contributed by atoms with Gasteiger partial charge in [0.15, 0.2) is 11.0 Å². The number of amides is 1. The van der Waals surface area contributed by atoms with Gasteiger partial charge in [0.25, 0.3) is 0 Å². The predicted octanol–water partition coefficient (Wildman–Crippen LogP) is 5.09. The molecule has 29 heavy (non-hydrogen) atoms. The lowest BCUT2D eigenvalue weighted by Crippen LogP contribution is -2.16. The van der Waals surface area contributed by atoms with Crippen LogP contribution < -0.4 is 5.32 Å². The second kappa shape index (κ2) is 9.22. The Labute approximate surface area is 174 Å². The minimum Gasteiger partial charge on any atom is -0.325 e. The number of thioether (sulfide) groups is 1. The molecular formula is C22H25FN4OS. The van der Waals surface area contributed by atoms with Gasteiger partial charge in [0.1, 0.15) is 5.82 Å². The zero-order valence-electron chi connectivity index (χ0n) is 17.1. The van der Waals surface area contributed by atoms with Crippen molar-refractivity contribution < 1.29 is 9.18 Å². The summed E-state index contributed by atoms with van der Waals surface area (Å²) in [5.74, 6) is 0.539. The van der Waals surface area contributed by atoms with Crippen LogP contribution in [-0.2, 0) is 11.3 Å². The lowest BCUT2D eigenvalue weighted by atomic mass is 10.1. The summed E-state index contributed by atoms with van der Waals surface area (Å²) in [5.41, 5.74) is 3.38. The Kier molecular flexibility index (Phi) is 6.69. The van der Waals surface area contributed by atoms with E-state index < -0.39 is 0 Å². The van der Waals surface area contributed by atoms with Crippen molar-refractivity contribution in [3.8, 4) is 11.4 Å². The molecule has 0 saturated carbocycles. The van der Waals surface area contributed by atoms with Crippen molar-refractivity contribution in [1.82, 2.24) is 14.8 Å². The van der Waals surface area contributed by atoms with Gasteiger partial charge in [-0.2, -0.15) is 0 Å². The average molecular weight is 413 g/mol. The van der Waals surface area contributed by atoms with Crippen LogP contribution in [0.1, 0.15) is 25.0 Å². The summed E-state index contributed by atoms with van der Waals surface area (Å²) in [4.78, 5) is 12.4. The highest BCUT2D eigenvalue weighted by Gasteiger charge is 2.19. The fourth-order valence-corrected chi connectivity index (χ4v) is 3.79. The van der Waals surface area contributed by atoms with E-state index in [9.17, 15) is 9.18 Å². The number of benzene rings is 2. The van der Waals surface area contributed by atoms with Gasteiger partial charge in [0.05, 0.1) is 11.3 Å². The SMILES string of the molecule is Cc1ccc(NC(=O)CSc2nnc(-c3ccccc3F)n2CC(C)C)c(C)c1. The Bertz CT molecular complexity index is 1020. The molecule has 0 saturated heterocycles. The van der Waals surface area contributed by atoms with Crippen LogP contribution in [-0.4, -0.2) is 26.4 Å². The van der Waals surface area contributed by atoms with Crippen molar-refractivity contribution in [1.29, 1.82) is 0 Å². The van der Waals surface area contributed by atoms with E-state index in [1.54, 1.807) is 18.2 Å². The number of rotatable bonds is 7. The number of halogens is 1. The Morgan fingerprint density at radius 3 is 2.62 bits per heavy atom. The highest BCUT2D eigenvalue weighted by atomic mass is 32.2. The van der Waals surface area contributed by atoms with Crippen molar-refractivity contribution in [2.24, 2.45) is 5.92 Å². The van der Waals surface area contributed by atoms with Crippen LogP contribution in [0.2, 0.25) is 0 Å². The number of carbonyl (C=O) groups is 1. The van der Waals surface area contributed by atoms with Crippen LogP contribution in [0.25, 0.3) is 11.4 Å². The van der Waals surface area contributed by atoms with E-state index in [0.717, 1.165) is 16.8 Å². The van der Waals surface area contributed by atoms with Crippen molar-refractivity contribution >= 4 is 23.4 Å². The Hall–Kier alpha value is -2.67. The third-order valence-corrected chi connectivity index (χ3v) is 5.33. The molecule has 0 bridgehead atoms. The van der Waals surface area contributed by atoms with Crippen LogP contribution in [0.4, 0.5) is 10.1 Å². The first-order chi connectivity index (χ1) is 13.8. The van der Waals surface area contributed by atoms with E-state index >= 15 is 0 Å². The highest BCUT2D eigenvalue weighted by molar-refractivity contribution is 7.99. The number of nitrogens with one attached hydrogen (secondary N) is 1. The van der Waals surface area contributed by atoms with Gasteiger partial charge in [-0.15, -0.1) is 10.2 Å². The normalized spacial score (nSPS) is 11.1. The molecule has 1 heterocycles. The summed E-state index contributed by atoms with van der Waals surface area (Å²) in [6.45, 7) is 8.77. The molecule has 152 valence electrons. The van der Waals surface area contributed by atoms with E-state index in [1.807, 2.05) is 36.6 Å². The van der Waals surface area contributed by atoms with E-state index in [4.69, 9.17) is 0 Å². The predicted molar refractivity (Wildman–Crippen MR) is 116 cm³/mol. The smallest absolute Gasteiger partial charge is 0.234 e. The van der Waals surface area contributed by atoms with Crippen molar-refractivity contribution in [2.45, 2.75) is 39.4 Å². The van der Waals surface area contributed by atoms with Gasteiger partial charge in [-0.3, -0.25) is 4.79 Å². The van der Waals surface area contributed by atoms with Crippen molar-refractivity contribution in [3.63, 3.8) is 0 Å². The standard InChI is InChI=1S/C22H25FN4OS/c1-14(2)12-27-21(17-7-5-6-8-18(17)23)25-26-22(27)29-13-20(28)24-19-10-9-15(3)11-16(19)4/h5-11,14H,12-13H2,1-4H3,(H,24,28). The summed E-state index contributed by atoms with van der Waals surface area (Å²) in [6, 6.07) is 12.4. The van der Waals surface area contributed by atoms with Gasteiger partial charge in [0, 0.05) is 12.2 Å². The van der Waals surface area contributed by atoms with Crippen molar-refractivity contribution in [2.75, 3.05) is 11.1 Å². The maximum absolute atomic E-state index is 14.3. The molecule has 1 aromatic heterocycles. The molecule has 3 aromatic rings. The Morgan fingerprint density at radius 1 is 1.17 bits per heavy atom. The molecule has 1 amide bonds. The molecule has 0 aliphatic rings. The number of hydrogen-bond donors (Lipinski definition) is 1. The summed E-state index contributed by atoms with van der Waals surface area (Å²) in [5, 5.41) is 12.0. The molecule has 5 nitrogen and oxygen atoms in total. The summed E-state index contributed by atoms with van der Waals surface area (Å²) in [7, 11) is 0. The number of aromatic nitrogens is 3. The lowest BCUT2D eigenvalue weighted by molar-refractivity contribution is -0.113. The largest absolute Gasteiger partial charge is 0.325 e. The monoisotopic (exact) mass is 412 g/mol. The molecule has 2 aromatic carbocycles. The van der Waals surface area contributed by atoms with Gasteiger partial charge < -0.3 is 9.88 Å². The topological polar surface area (TPSA) is 59.8 Å². The Morgan fingerprint density at radius 2 is 1.93 bits per heavy atom. The van der Waals surface area contributed by atoms with E-state index in [0.29, 0.717) is 29.0 Å². The third kappa shape index (κ3) is 5.23. The van der Waals surface area contributed by atoms with Crippen LogP contribution in [0.3, 0.4) is 0 Å². The van der Waals surface area contributed by atoms with E-state index in [1.165, 1.54) is 17.8 Å². The molecule has 0 unspecified atom stereocenters. The maximum Gasteiger partial charge on any atom is 0.234 e. The van der Waals surface area contributed by atoms with Gasteiger partial charge in [-0.1, -0.05) is 55.4 Å². The minimum atomic E-state index is -0.339. The molecule has 0 atom stereocenters. The van der Waals surface area contributed by atoms with Crippen LogP contribution in [0.15, 0.2) is 47.6 Å². The zero-order chi connectivity index (χ0) is 21.0. The first-order valence-electron chi connectivity index (χ1n) is 9.53. The number of carbonyl (C=O) groups excluding carboxylic acids is 1. The number of aryl methyl sites for hydroxylation is 2. The van der Waals surface area contributed by atoms with Crippen LogP contribution in [0.5, 0.6) is 0 Å². The zero-order valence-corrected chi connectivity index (χ0v) is 17.9. The van der Waals surface area contributed by atoms with Gasteiger partial charge in [0.2, 0.25) is 5.91 Å². The third-order valence-electron chi connectivity index (χ3n) is 4.37. The maximum atomic E-state index is 14.3. The van der Waals surface area contributed by atoms with Crippen LogP contribution >= 0.6 is 11.8 Å². The molecular weight excluding hydrogens is 387 g/mol. The minimum absolute atomic E-state index is 0.117. The Balaban J connectivity index is 1.76. The molecule has 0 radical (unpaired) electrons. The molecule has 0 spiro atoms. The molecule has 0 aliphatic carbocycles. The van der Waals surface area contributed by atoms with E-state index in [2.05, 4.69) is 29.4 Å². The molecule has 3 rings (SSSR count). The van der Waals surface area contributed by atoms with Gasteiger partial charge in [-0.25, -0.2) is 4.39 Å². The first kappa shape index (κ1) is 21.0. The quantitative estimate of drug-likeness (QED) is 0.549. The highest BCUT2D eigenvalue weighted by Crippen LogP contribution is 2.27. The molecule has 1 N–H and O–H groups in total. The second-order valence-electron chi connectivity index (χ2n) is 7.45. The number of hydrogen-bond acceptors (Lipinski definition) is 4. The molecule has 0 aliphatic heterocycles. The molecule has 7 heteroatoms. The van der Waals surface area contributed by atoms with Gasteiger partial charge >= 0.3 is 0 Å². The summed E-state index contributed by atoms with van der Waals surface area (Å²) in [6.07, 6.45) is 0. The fourth-order valence-electron chi connectivity index (χ4n) is 3.04. The average Bonchev–Trinajstić information content (AvgIpc) is 3.04. The van der Waals surface area contributed by atoms with Crippen LogP contribution in [0, 0.1) is 25.6 Å². The summed E-state index contributed by atoms with van der Waals surface area (Å²) >= 11 is 1.30. The van der Waals surface area contributed by atoms with Crippen molar-refractivity contribution in [3.05, 3.63) is 59.4 Å². The first-order valence-corrected chi connectivity index (χ1v) is 10.5. The lowest BCUT2D eigenvalue weighted by Gasteiger charge is -2.13. The second-order valence-corrected chi connectivity index (χ2v) is 8.39. The fraction of sp³-hybridized carbons (Fsp3) is 0.318. The van der Waals surface area contributed by atoms with E-state index in [-0.39, 0.29) is 17.5 Å². The number of nitrogens with zero attached hydrogens (tertiary/aromatic N) is 3. The van der Waals surface area contributed by atoms with Gasteiger partial charge in [-0.05, 0) is 43.5 Å². The molecule has 0 fully saturated rings. The number of anilines is 1. The summed E-state index contributed by atoms with van der Waals surface area (Å²) < 4.78 is 16.2.